The molecule has 0 radical (unpaired) electrons. The zero-order valence-corrected chi connectivity index (χ0v) is 23.9. The van der Waals surface area contributed by atoms with Crippen LogP contribution in [0.3, 0.4) is 0 Å². The summed E-state index contributed by atoms with van der Waals surface area (Å²) in [6.07, 6.45) is 0. The quantitative estimate of drug-likeness (QED) is 0.104. The van der Waals surface area contributed by atoms with Gasteiger partial charge in [0.2, 0.25) is 0 Å². The maximum Gasteiger partial charge on any atom is 0.119 e. The highest BCUT2D eigenvalue weighted by molar-refractivity contribution is 5.20. The summed E-state index contributed by atoms with van der Waals surface area (Å²) >= 11 is 0. The second-order valence-corrected chi connectivity index (χ2v) is 8.01. The van der Waals surface area contributed by atoms with Gasteiger partial charge in [0.25, 0.3) is 0 Å². The Labute approximate surface area is 239 Å². The van der Waals surface area contributed by atoms with Crippen LogP contribution in [0.1, 0.15) is 0 Å². The Morgan fingerprint density at radius 1 is 0.425 bits per heavy atom. The largest absolute Gasteiger partial charge is 0.491 e. The number of epoxide rings is 1. The van der Waals surface area contributed by atoms with E-state index in [0.717, 1.165) is 19.0 Å². The molecule has 0 atom stereocenters. The van der Waals surface area contributed by atoms with Crippen LogP contribution in [0, 0.1) is 0 Å². The molecule has 0 saturated carbocycles. The second kappa shape index (κ2) is 32.1. The molecular weight excluding hydrogens is 528 g/mol. The Bertz CT molecular complexity index is 591. The molecule has 0 bridgehead atoms. The van der Waals surface area contributed by atoms with Crippen molar-refractivity contribution in [2.24, 2.45) is 0 Å². The van der Waals surface area contributed by atoms with Gasteiger partial charge < -0.3 is 57.2 Å². The van der Waals surface area contributed by atoms with E-state index in [-0.39, 0.29) is 6.61 Å². The summed E-state index contributed by atoms with van der Waals surface area (Å²) in [7, 11) is 0. The van der Waals surface area contributed by atoms with Gasteiger partial charge in [0.05, 0.1) is 139 Å². The van der Waals surface area contributed by atoms with Crippen LogP contribution in [0.2, 0.25) is 0 Å². The van der Waals surface area contributed by atoms with Crippen molar-refractivity contribution < 1.29 is 57.2 Å². The van der Waals surface area contributed by atoms with Gasteiger partial charge in [0.15, 0.2) is 0 Å². The fraction of sp³-hybridized carbons (Fsp3) is 0.786. The maximum absolute atomic E-state index is 8.56. The first-order valence-electron chi connectivity index (χ1n) is 14.0. The number of hydrogen-bond donors (Lipinski definition) is 1. The van der Waals surface area contributed by atoms with E-state index in [0.29, 0.717) is 126 Å². The van der Waals surface area contributed by atoms with Gasteiger partial charge in [0, 0.05) is 0 Å². The molecule has 0 amide bonds. The highest BCUT2D eigenvalue weighted by atomic mass is 16.6. The molecule has 1 aromatic rings. The molecule has 0 aliphatic carbocycles. The van der Waals surface area contributed by atoms with E-state index in [1.165, 1.54) is 0 Å². The standard InChI is InChI=1S/C26H46O11.C2H4O/c27-6-7-28-8-9-29-10-11-30-12-13-31-14-15-32-16-17-33-18-19-34-20-21-35-22-23-36-24-25-37-26-4-2-1-3-5-26;1-2-3-1/h1-5,27H,6-25H2;1-2H2. The fourth-order valence-corrected chi connectivity index (χ4v) is 2.66. The van der Waals surface area contributed by atoms with E-state index in [1.807, 2.05) is 30.3 Å². The molecule has 1 fully saturated rings. The van der Waals surface area contributed by atoms with Gasteiger partial charge in [-0.15, -0.1) is 0 Å². The number of ether oxygens (including phenoxy) is 11. The smallest absolute Gasteiger partial charge is 0.119 e. The summed E-state index contributed by atoms with van der Waals surface area (Å²) < 4.78 is 58.5. The van der Waals surface area contributed by atoms with Crippen molar-refractivity contribution in [1.29, 1.82) is 0 Å². The van der Waals surface area contributed by atoms with Crippen LogP contribution < -0.4 is 4.74 Å². The maximum atomic E-state index is 8.56. The Hall–Kier alpha value is -1.42. The first-order chi connectivity index (χ1) is 19.9. The summed E-state index contributed by atoms with van der Waals surface area (Å²) in [5.41, 5.74) is 0. The van der Waals surface area contributed by atoms with Gasteiger partial charge in [0.1, 0.15) is 12.4 Å². The van der Waals surface area contributed by atoms with Gasteiger partial charge in [-0.2, -0.15) is 0 Å². The Morgan fingerprint density at radius 3 is 0.975 bits per heavy atom. The Balaban J connectivity index is 0.00000248. The Morgan fingerprint density at radius 2 is 0.700 bits per heavy atom. The molecule has 12 nitrogen and oxygen atoms in total. The van der Waals surface area contributed by atoms with E-state index in [2.05, 4.69) is 4.74 Å². The summed E-state index contributed by atoms with van der Waals surface area (Å²) in [6, 6.07) is 9.66. The van der Waals surface area contributed by atoms with Crippen LogP contribution in [0.5, 0.6) is 5.75 Å². The molecular formula is C28H50O12. The molecule has 1 saturated heterocycles. The van der Waals surface area contributed by atoms with Crippen LogP contribution >= 0.6 is 0 Å². The van der Waals surface area contributed by atoms with Gasteiger partial charge in [-0.3, -0.25) is 0 Å². The third kappa shape index (κ3) is 31.1. The van der Waals surface area contributed by atoms with E-state index in [9.17, 15) is 0 Å². The molecule has 0 spiro atoms. The topological polar surface area (TPSA) is 125 Å². The van der Waals surface area contributed by atoms with Gasteiger partial charge >= 0.3 is 0 Å². The molecule has 1 heterocycles. The molecule has 234 valence electrons. The molecule has 12 heteroatoms. The number of para-hydroxylation sites is 1. The predicted octanol–water partition coefficient (Wildman–Crippen LogP) is 1.22. The number of aliphatic hydroxyl groups excluding tert-OH is 1. The lowest BCUT2D eigenvalue weighted by Gasteiger charge is -2.09. The van der Waals surface area contributed by atoms with Gasteiger partial charge in [-0.05, 0) is 12.1 Å². The van der Waals surface area contributed by atoms with Gasteiger partial charge in [-0.1, -0.05) is 18.2 Å². The minimum Gasteiger partial charge on any atom is -0.491 e. The fourth-order valence-electron chi connectivity index (χ4n) is 2.66. The summed E-state index contributed by atoms with van der Waals surface area (Å²) in [5.74, 6) is 0.844. The molecule has 1 aromatic carbocycles. The highest BCUT2D eigenvalue weighted by Crippen LogP contribution is 2.07. The molecule has 40 heavy (non-hydrogen) atoms. The summed E-state index contributed by atoms with van der Waals surface area (Å²) in [4.78, 5) is 0. The van der Waals surface area contributed by atoms with Crippen LogP contribution in [-0.2, 0) is 47.4 Å². The van der Waals surface area contributed by atoms with E-state index in [1.54, 1.807) is 0 Å². The van der Waals surface area contributed by atoms with E-state index < -0.39 is 0 Å². The highest BCUT2D eigenvalue weighted by Gasteiger charge is 1.96. The van der Waals surface area contributed by atoms with Crippen molar-refractivity contribution in [1.82, 2.24) is 0 Å². The lowest BCUT2D eigenvalue weighted by Crippen LogP contribution is -2.15. The lowest BCUT2D eigenvalue weighted by molar-refractivity contribution is -0.0258. The lowest BCUT2D eigenvalue weighted by atomic mass is 10.3. The molecule has 0 unspecified atom stereocenters. The van der Waals surface area contributed by atoms with E-state index >= 15 is 0 Å². The minimum absolute atomic E-state index is 0.0281. The van der Waals surface area contributed by atoms with E-state index in [4.69, 9.17) is 52.5 Å². The first kappa shape index (κ1) is 36.6. The minimum atomic E-state index is 0.0281. The third-order valence-electron chi connectivity index (χ3n) is 4.66. The normalized spacial score (nSPS) is 12.2. The second-order valence-electron chi connectivity index (χ2n) is 8.01. The molecule has 0 aromatic heterocycles. The monoisotopic (exact) mass is 578 g/mol. The van der Waals surface area contributed by atoms with Crippen molar-refractivity contribution >= 4 is 0 Å². The van der Waals surface area contributed by atoms with Crippen LogP contribution in [-0.4, -0.2) is 150 Å². The molecule has 1 N–H and O–H groups in total. The number of benzene rings is 1. The van der Waals surface area contributed by atoms with Crippen molar-refractivity contribution in [3.63, 3.8) is 0 Å². The number of hydrogen-bond acceptors (Lipinski definition) is 12. The Kier molecular flexibility index (Phi) is 29.4. The SMILES string of the molecule is C1CO1.OCCOCCOCCOCCOCCOCCOCCOCCOCCOCCOc1ccccc1. The number of aliphatic hydroxyl groups is 1. The average molecular weight is 579 g/mol. The van der Waals surface area contributed by atoms with Crippen LogP contribution in [0.15, 0.2) is 30.3 Å². The van der Waals surface area contributed by atoms with Gasteiger partial charge in [-0.25, -0.2) is 0 Å². The zero-order valence-electron chi connectivity index (χ0n) is 23.9. The average Bonchev–Trinajstić information content (AvgIpc) is 3.87. The number of rotatable bonds is 30. The molecule has 1 aliphatic rings. The van der Waals surface area contributed by atoms with Crippen molar-refractivity contribution in [3.8, 4) is 5.75 Å². The van der Waals surface area contributed by atoms with Crippen LogP contribution in [0.4, 0.5) is 0 Å². The zero-order chi connectivity index (χ0) is 28.4. The molecule has 1 aliphatic heterocycles. The van der Waals surface area contributed by atoms with Crippen molar-refractivity contribution in [2.45, 2.75) is 0 Å². The first-order valence-corrected chi connectivity index (χ1v) is 14.0. The van der Waals surface area contributed by atoms with Crippen molar-refractivity contribution in [3.05, 3.63) is 30.3 Å². The van der Waals surface area contributed by atoms with Crippen LogP contribution in [0.25, 0.3) is 0 Å². The predicted molar refractivity (Wildman–Crippen MR) is 147 cm³/mol. The molecule has 2 rings (SSSR count). The van der Waals surface area contributed by atoms with Crippen molar-refractivity contribution in [2.75, 3.05) is 145 Å². The third-order valence-corrected chi connectivity index (χ3v) is 4.66. The summed E-state index contributed by atoms with van der Waals surface area (Å²) in [5, 5.41) is 8.56. The summed E-state index contributed by atoms with van der Waals surface area (Å²) in [6.45, 7) is 11.6.